The summed E-state index contributed by atoms with van der Waals surface area (Å²) >= 11 is 0. The fourth-order valence-corrected chi connectivity index (χ4v) is 1.43. The summed E-state index contributed by atoms with van der Waals surface area (Å²) in [5.74, 6) is 0.619. The molecule has 0 radical (unpaired) electrons. The highest BCUT2D eigenvalue weighted by Crippen LogP contribution is 2.14. The lowest BCUT2D eigenvalue weighted by molar-refractivity contribution is 0.960. The quantitative estimate of drug-likeness (QED) is 0.709. The van der Waals surface area contributed by atoms with Gasteiger partial charge < -0.3 is 0 Å². The molecule has 0 saturated heterocycles. The van der Waals surface area contributed by atoms with Crippen molar-refractivity contribution in [1.29, 1.82) is 10.5 Å². The van der Waals surface area contributed by atoms with E-state index in [-0.39, 0.29) is 11.4 Å². The minimum atomic E-state index is 0.118. The topological polar surface area (TPSA) is 78.3 Å². The van der Waals surface area contributed by atoms with E-state index in [1.165, 1.54) is 10.9 Å². The number of nitrogens with zero attached hydrogens (tertiary/aromatic N) is 5. The van der Waals surface area contributed by atoms with Gasteiger partial charge in [0.2, 0.25) is 0 Å². The maximum Gasteiger partial charge on any atom is 0.177 e. The lowest BCUT2D eigenvalue weighted by atomic mass is 10.3. The Morgan fingerprint density at radius 1 is 1.25 bits per heavy atom. The summed E-state index contributed by atoms with van der Waals surface area (Å²) in [5.41, 5.74) is 1.25. The maximum absolute atomic E-state index is 8.98. The summed E-state index contributed by atoms with van der Waals surface area (Å²) in [6.07, 6.45) is 3.07. The normalized spacial score (nSPS) is 9.44. The van der Waals surface area contributed by atoms with Gasteiger partial charge in [0.05, 0.1) is 0 Å². The Hall–Kier alpha value is -2.66. The van der Waals surface area contributed by atoms with E-state index >= 15 is 0 Å². The molecule has 0 N–H and O–H groups in total. The number of imidazole rings is 1. The van der Waals surface area contributed by atoms with Crippen LogP contribution in [0.2, 0.25) is 0 Å². The third-order valence-electron chi connectivity index (χ3n) is 2.19. The van der Waals surface area contributed by atoms with Crippen LogP contribution >= 0.6 is 0 Å². The van der Waals surface area contributed by atoms with E-state index in [4.69, 9.17) is 10.5 Å². The average Bonchev–Trinajstić information content (AvgIpc) is 2.72. The Morgan fingerprint density at radius 2 is 2.06 bits per heavy atom. The third-order valence-corrected chi connectivity index (χ3v) is 2.19. The number of pyridine rings is 1. The minimum Gasteiger partial charge on any atom is -0.273 e. The summed E-state index contributed by atoms with van der Waals surface area (Å²) in [6, 6.07) is 7.53. The van der Waals surface area contributed by atoms with Gasteiger partial charge in [-0.05, 0) is 18.6 Å². The van der Waals surface area contributed by atoms with Crippen molar-refractivity contribution in [2.45, 2.75) is 6.92 Å². The van der Waals surface area contributed by atoms with Crippen LogP contribution in [0.5, 0.6) is 0 Å². The van der Waals surface area contributed by atoms with Crippen LogP contribution in [0, 0.1) is 29.6 Å². The molecule has 2 rings (SSSR count). The molecule has 0 saturated carbocycles. The summed E-state index contributed by atoms with van der Waals surface area (Å²) in [4.78, 5) is 8.03. The molecule has 2 aromatic rings. The first kappa shape index (κ1) is 9.88. The van der Waals surface area contributed by atoms with E-state index in [1.807, 2.05) is 31.2 Å². The zero-order chi connectivity index (χ0) is 11.5. The first-order valence-electron chi connectivity index (χ1n) is 4.57. The molecule has 2 aromatic heterocycles. The molecule has 0 atom stereocenters. The fourth-order valence-electron chi connectivity index (χ4n) is 1.43. The van der Waals surface area contributed by atoms with Crippen molar-refractivity contribution in [3.8, 4) is 18.0 Å². The second-order valence-corrected chi connectivity index (χ2v) is 3.18. The lowest BCUT2D eigenvalue weighted by Gasteiger charge is -2.04. The number of nitriles is 2. The highest BCUT2D eigenvalue weighted by Gasteiger charge is 2.13. The van der Waals surface area contributed by atoms with Crippen LogP contribution in [-0.2, 0) is 0 Å². The first-order valence-corrected chi connectivity index (χ1v) is 4.57. The molecule has 0 spiro atoms. The second kappa shape index (κ2) is 3.84. The average molecular weight is 209 g/mol. The molecule has 0 aliphatic heterocycles. The molecule has 0 aliphatic rings. The first-order chi connectivity index (χ1) is 7.77. The molecule has 5 heteroatoms. The van der Waals surface area contributed by atoms with Gasteiger partial charge in [-0.2, -0.15) is 10.5 Å². The Bertz CT molecular complexity index is 612. The monoisotopic (exact) mass is 209 g/mol. The number of aromatic nitrogens is 3. The number of hydrogen-bond acceptors (Lipinski definition) is 4. The van der Waals surface area contributed by atoms with Crippen molar-refractivity contribution in [2.24, 2.45) is 0 Å². The van der Waals surface area contributed by atoms with E-state index in [0.29, 0.717) is 5.82 Å². The van der Waals surface area contributed by atoms with Crippen molar-refractivity contribution in [3.05, 3.63) is 41.6 Å². The SMILES string of the molecule is Cc1cccnc1-n1cnc(C#N)c1C#N. The number of hydrogen-bond donors (Lipinski definition) is 0. The van der Waals surface area contributed by atoms with E-state index < -0.39 is 0 Å². The summed E-state index contributed by atoms with van der Waals surface area (Å²) in [5, 5.41) is 17.8. The zero-order valence-electron chi connectivity index (χ0n) is 8.55. The van der Waals surface area contributed by atoms with Gasteiger partial charge in [-0.15, -0.1) is 0 Å². The predicted molar refractivity (Wildman–Crippen MR) is 55.5 cm³/mol. The molecule has 0 bridgehead atoms. The molecule has 16 heavy (non-hydrogen) atoms. The fraction of sp³-hybridized carbons (Fsp3) is 0.0909. The van der Waals surface area contributed by atoms with E-state index in [0.717, 1.165) is 5.56 Å². The molecule has 0 aliphatic carbocycles. The van der Waals surface area contributed by atoms with Gasteiger partial charge in [0.15, 0.2) is 11.4 Å². The Kier molecular flexibility index (Phi) is 2.37. The van der Waals surface area contributed by atoms with Gasteiger partial charge in [0.1, 0.15) is 24.3 Å². The zero-order valence-corrected chi connectivity index (χ0v) is 8.55. The van der Waals surface area contributed by atoms with Crippen LogP contribution in [0.15, 0.2) is 24.7 Å². The van der Waals surface area contributed by atoms with Crippen LogP contribution < -0.4 is 0 Å². The molecular formula is C11H7N5. The molecular weight excluding hydrogens is 202 g/mol. The van der Waals surface area contributed by atoms with E-state index in [1.54, 1.807) is 6.20 Å². The van der Waals surface area contributed by atoms with Crippen molar-refractivity contribution >= 4 is 0 Å². The summed E-state index contributed by atoms with van der Waals surface area (Å²) in [7, 11) is 0. The number of aryl methyl sites for hydroxylation is 1. The van der Waals surface area contributed by atoms with Crippen molar-refractivity contribution in [1.82, 2.24) is 14.5 Å². The Balaban J connectivity index is 2.68. The minimum absolute atomic E-state index is 0.118. The van der Waals surface area contributed by atoms with Crippen LogP contribution in [0.25, 0.3) is 5.82 Å². The highest BCUT2D eigenvalue weighted by molar-refractivity contribution is 5.43. The lowest BCUT2D eigenvalue weighted by Crippen LogP contribution is -2.01. The van der Waals surface area contributed by atoms with Crippen LogP contribution in [0.4, 0.5) is 0 Å². The van der Waals surface area contributed by atoms with Crippen LogP contribution in [0.1, 0.15) is 17.0 Å². The standard InChI is InChI=1S/C11H7N5/c1-8-3-2-4-14-11(8)16-7-15-9(5-12)10(16)6-13/h2-4,7H,1H3. The van der Waals surface area contributed by atoms with Gasteiger partial charge in [0, 0.05) is 6.20 Å². The summed E-state index contributed by atoms with van der Waals surface area (Å²) < 4.78 is 1.52. The molecule has 0 unspecified atom stereocenters. The van der Waals surface area contributed by atoms with Gasteiger partial charge in [0.25, 0.3) is 0 Å². The van der Waals surface area contributed by atoms with E-state index in [2.05, 4.69) is 9.97 Å². The predicted octanol–water partition coefficient (Wildman–Crippen LogP) is 1.32. The third kappa shape index (κ3) is 1.41. The van der Waals surface area contributed by atoms with Crippen LogP contribution in [-0.4, -0.2) is 14.5 Å². The van der Waals surface area contributed by atoms with Gasteiger partial charge in [-0.3, -0.25) is 4.57 Å². The second-order valence-electron chi connectivity index (χ2n) is 3.18. The molecule has 0 aromatic carbocycles. The maximum atomic E-state index is 8.98. The largest absolute Gasteiger partial charge is 0.273 e. The van der Waals surface area contributed by atoms with Gasteiger partial charge >= 0.3 is 0 Å². The van der Waals surface area contributed by atoms with Gasteiger partial charge in [-0.25, -0.2) is 9.97 Å². The molecule has 0 amide bonds. The molecule has 2 heterocycles. The molecule has 0 fully saturated rings. The summed E-state index contributed by atoms with van der Waals surface area (Å²) in [6.45, 7) is 1.88. The highest BCUT2D eigenvalue weighted by atomic mass is 15.1. The van der Waals surface area contributed by atoms with E-state index in [9.17, 15) is 0 Å². The Morgan fingerprint density at radius 3 is 2.69 bits per heavy atom. The number of rotatable bonds is 1. The smallest absolute Gasteiger partial charge is 0.177 e. The Labute approximate surface area is 92.2 Å². The van der Waals surface area contributed by atoms with Crippen molar-refractivity contribution < 1.29 is 0 Å². The molecule has 5 nitrogen and oxygen atoms in total. The van der Waals surface area contributed by atoms with Gasteiger partial charge in [-0.1, -0.05) is 6.07 Å². The van der Waals surface area contributed by atoms with Crippen molar-refractivity contribution in [2.75, 3.05) is 0 Å². The van der Waals surface area contributed by atoms with Crippen LogP contribution in [0.3, 0.4) is 0 Å². The van der Waals surface area contributed by atoms with Crippen molar-refractivity contribution in [3.63, 3.8) is 0 Å². The molecule has 76 valence electrons.